The molecule has 0 aliphatic carbocycles. The van der Waals surface area contributed by atoms with Crippen molar-refractivity contribution >= 4 is 23.2 Å². The van der Waals surface area contributed by atoms with E-state index in [-0.39, 0.29) is 29.1 Å². The Labute approximate surface area is 197 Å². The number of carbonyl (C=O) groups is 1. The Kier molecular flexibility index (Phi) is 6.25. The van der Waals surface area contributed by atoms with Gasteiger partial charge in [-0.3, -0.25) is 9.48 Å². The number of aromatic hydroxyl groups is 1. The van der Waals surface area contributed by atoms with E-state index in [4.69, 9.17) is 11.6 Å². The highest BCUT2D eigenvalue weighted by atomic mass is 35.5. The molecule has 0 atom stereocenters. The van der Waals surface area contributed by atoms with E-state index in [2.05, 4.69) is 15.1 Å². The number of rotatable bonds is 5. The van der Waals surface area contributed by atoms with Gasteiger partial charge in [-0.15, -0.1) is 0 Å². The van der Waals surface area contributed by atoms with E-state index in [1.165, 1.54) is 48.9 Å². The zero-order valence-corrected chi connectivity index (χ0v) is 18.4. The van der Waals surface area contributed by atoms with Gasteiger partial charge in [0.1, 0.15) is 12.1 Å². The highest BCUT2D eigenvalue weighted by Crippen LogP contribution is 2.37. The minimum atomic E-state index is -4.62. The van der Waals surface area contributed by atoms with Gasteiger partial charge in [-0.2, -0.15) is 18.3 Å². The summed E-state index contributed by atoms with van der Waals surface area (Å²) in [6.07, 6.45) is -0.589. The first-order valence-corrected chi connectivity index (χ1v) is 10.3. The van der Waals surface area contributed by atoms with Crippen LogP contribution in [0.5, 0.6) is 5.75 Å². The van der Waals surface area contributed by atoms with Gasteiger partial charge in [-0.25, -0.2) is 9.97 Å². The number of anilines is 1. The molecule has 11 heteroatoms. The van der Waals surface area contributed by atoms with Gasteiger partial charge in [0, 0.05) is 41.8 Å². The number of hydrogen-bond acceptors (Lipinski definition) is 5. The number of aryl methyl sites for hydroxylation is 1. The predicted molar refractivity (Wildman–Crippen MR) is 119 cm³/mol. The lowest BCUT2D eigenvalue weighted by atomic mass is 10.1. The molecule has 34 heavy (non-hydrogen) atoms. The Bertz CT molecular complexity index is 1320. The average Bonchev–Trinajstić information content (AvgIpc) is 3.20. The van der Waals surface area contributed by atoms with Crippen molar-refractivity contribution in [3.63, 3.8) is 0 Å². The first kappa shape index (κ1) is 23.2. The zero-order chi connectivity index (χ0) is 24.5. The highest BCUT2D eigenvalue weighted by Gasteiger charge is 2.35. The fourth-order valence-corrected chi connectivity index (χ4v) is 3.51. The predicted octanol–water partition coefficient (Wildman–Crippen LogP) is 5.10. The lowest BCUT2D eigenvalue weighted by Crippen LogP contribution is -2.30. The van der Waals surface area contributed by atoms with Gasteiger partial charge in [0.2, 0.25) is 0 Å². The fraction of sp³-hybridized carbons (Fsp3) is 0.130. The summed E-state index contributed by atoms with van der Waals surface area (Å²) < 4.78 is 40.2. The molecule has 7 nitrogen and oxygen atoms in total. The first-order valence-electron chi connectivity index (χ1n) is 9.89. The zero-order valence-electron chi connectivity index (χ0n) is 17.7. The topological polar surface area (TPSA) is 84.1 Å². The average molecular weight is 488 g/mol. The number of aromatic nitrogens is 4. The summed E-state index contributed by atoms with van der Waals surface area (Å²) in [7, 11) is 1.35. The number of halogens is 4. The number of hydrogen-bond donors (Lipinski definition) is 1. The molecule has 4 aromatic rings. The number of phenolic OH excluding ortho intramolecular Hbond substituents is 1. The van der Waals surface area contributed by atoms with Crippen LogP contribution in [0.2, 0.25) is 5.02 Å². The van der Waals surface area contributed by atoms with Gasteiger partial charge in [0.25, 0.3) is 5.91 Å². The van der Waals surface area contributed by atoms with Gasteiger partial charge in [-0.05, 0) is 35.9 Å². The Morgan fingerprint density at radius 2 is 1.76 bits per heavy atom. The van der Waals surface area contributed by atoms with Crippen molar-refractivity contribution in [1.82, 2.24) is 19.7 Å². The van der Waals surface area contributed by atoms with Crippen LogP contribution in [0.15, 0.2) is 67.3 Å². The van der Waals surface area contributed by atoms with Gasteiger partial charge in [0.15, 0.2) is 5.69 Å². The summed E-state index contributed by atoms with van der Waals surface area (Å²) in [5.41, 5.74) is 0.445. The largest absolute Gasteiger partial charge is 0.507 e. The standard InChI is InChI=1S/C23H17ClF3N5O2/c1-31-19(9-21(30-31)23(25,26)27)18-7-6-17(8-20(18)33)32(12-14-2-4-16(24)5-3-14)22(34)15-10-28-13-29-11-15/h2-11,13,33H,12H2,1H3. The van der Waals surface area contributed by atoms with Crippen LogP contribution in [0.1, 0.15) is 21.6 Å². The van der Waals surface area contributed by atoms with Crippen LogP contribution in [0.4, 0.5) is 18.9 Å². The Balaban J connectivity index is 1.73. The Hall–Kier alpha value is -3.92. The molecule has 2 aromatic carbocycles. The van der Waals surface area contributed by atoms with E-state index in [9.17, 15) is 23.1 Å². The molecule has 0 bridgehead atoms. The van der Waals surface area contributed by atoms with Gasteiger partial charge in [-0.1, -0.05) is 23.7 Å². The van der Waals surface area contributed by atoms with Crippen LogP contribution in [0.3, 0.4) is 0 Å². The maximum Gasteiger partial charge on any atom is 0.435 e. The van der Waals surface area contributed by atoms with Crippen molar-refractivity contribution in [2.45, 2.75) is 12.7 Å². The minimum absolute atomic E-state index is 0.0726. The number of amides is 1. The third-order valence-electron chi connectivity index (χ3n) is 5.05. The second-order valence-electron chi connectivity index (χ2n) is 7.38. The number of carbonyl (C=O) groups excluding carboxylic acids is 1. The molecule has 0 spiro atoms. The van der Waals surface area contributed by atoms with Crippen LogP contribution in [0, 0.1) is 0 Å². The molecule has 0 unspecified atom stereocenters. The highest BCUT2D eigenvalue weighted by molar-refractivity contribution is 6.30. The summed E-state index contributed by atoms with van der Waals surface area (Å²) in [5, 5.41) is 14.7. The van der Waals surface area contributed by atoms with Crippen molar-refractivity contribution < 1.29 is 23.1 Å². The lowest BCUT2D eigenvalue weighted by Gasteiger charge is -2.24. The van der Waals surface area contributed by atoms with E-state index in [1.54, 1.807) is 24.3 Å². The number of nitrogens with zero attached hydrogens (tertiary/aromatic N) is 5. The van der Waals surface area contributed by atoms with Crippen molar-refractivity contribution in [3.05, 3.63) is 89.1 Å². The van der Waals surface area contributed by atoms with E-state index in [0.29, 0.717) is 10.7 Å². The Morgan fingerprint density at radius 3 is 2.35 bits per heavy atom. The maximum absolute atomic E-state index is 13.2. The van der Waals surface area contributed by atoms with Crippen LogP contribution in [-0.4, -0.2) is 30.8 Å². The molecule has 0 saturated heterocycles. The van der Waals surface area contributed by atoms with Crippen LogP contribution in [-0.2, 0) is 19.8 Å². The Morgan fingerprint density at radius 1 is 1.09 bits per heavy atom. The van der Waals surface area contributed by atoms with Crippen LogP contribution in [0.25, 0.3) is 11.3 Å². The minimum Gasteiger partial charge on any atom is -0.507 e. The van der Waals surface area contributed by atoms with Gasteiger partial charge < -0.3 is 10.0 Å². The van der Waals surface area contributed by atoms with E-state index >= 15 is 0 Å². The van der Waals surface area contributed by atoms with Crippen LogP contribution < -0.4 is 4.90 Å². The monoisotopic (exact) mass is 487 g/mol. The van der Waals surface area contributed by atoms with Crippen molar-refractivity contribution in [3.8, 4) is 17.0 Å². The summed E-state index contributed by atoms with van der Waals surface area (Å²) in [6, 6.07) is 12.0. The molecule has 2 heterocycles. The van der Waals surface area contributed by atoms with E-state index in [0.717, 1.165) is 16.3 Å². The molecule has 0 radical (unpaired) electrons. The van der Waals surface area contributed by atoms with E-state index < -0.39 is 17.8 Å². The maximum atomic E-state index is 13.2. The number of benzene rings is 2. The molecule has 4 rings (SSSR count). The van der Waals surface area contributed by atoms with Crippen molar-refractivity contribution in [2.75, 3.05) is 4.90 Å². The second-order valence-corrected chi connectivity index (χ2v) is 7.82. The first-order chi connectivity index (χ1) is 16.1. The summed E-state index contributed by atoms with van der Waals surface area (Å²) in [6.45, 7) is 0.133. The van der Waals surface area contributed by atoms with Crippen molar-refractivity contribution in [2.24, 2.45) is 7.05 Å². The molecular formula is C23H17ClF3N5O2. The molecular weight excluding hydrogens is 471 g/mol. The molecule has 0 saturated carbocycles. The molecule has 0 fully saturated rings. The van der Waals surface area contributed by atoms with Crippen molar-refractivity contribution in [1.29, 1.82) is 0 Å². The van der Waals surface area contributed by atoms with E-state index in [1.807, 2.05) is 0 Å². The molecule has 2 aromatic heterocycles. The van der Waals surface area contributed by atoms with Gasteiger partial charge >= 0.3 is 6.18 Å². The number of alkyl halides is 3. The third kappa shape index (κ3) is 4.86. The summed E-state index contributed by atoms with van der Waals surface area (Å²) in [4.78, 5) is 22.4. The normalized spacial score (nSPS) is 11.4. The molecule has 1 N–H and O–H groups in total. The second kappa shape index (κ2) is 9.14. The lowest BCUT2D eigenvalue weighted by molar-refractivity contribution is -0.141. The SMILES string of the molecule is Cn1nc(C(F)(F)F)cc1-c1ccc(N(Cc2ccc(Cl)cc2)C(=O)c2cncnc2)cc1O. The quantitative estimate of drug-likeness (QED) is 0.423. The summed E-state index contributed by atoms with van der Waals surface area (Å²) >= 11 is 5.96. The molecule has 174 valence electrons. The van der Waals surface area contributed by atoms with Crippen LogP contribution >= 0.6 is 11.6 Å². The molecule has 0 aliphatic rings. The fourth-order valence-electron chi connectivity index (χ4n) is 3.38. The number of phenols is 1. The third-order valence-corrected chi connectivity index (χ3v) is 5.30. The molecule has 1 amide bonds. The van der Waals surface area contributed by atoms with Gasteiger partial charge in [0.05, 0.1) is 17.8 Å². The summed E-state index contributed by atoms with van der Waals surface area (Å²) in [5.74, 6) is -0.741. The smallest absolute Gasteiger partial charge is 0.435 e. The molecule has 0 aliphatic heterocycles.